The quantitative estimate of drug-likeness (QED) is 0.664. The van der Waals surface area contributed by atoms with Crippen molar-refractivity contribution < 1.29 is 14.1 Å². The zero-order valence-corrected chi connectivity index (χ0v) is 13.6. The van der Waals surface area contributed by atoms with Gasteiger partial charge in [-0.1, -0.05) is 6.92 Å². The van der Waals surface area contributed by atoms with Crippen molar-refractivity contribution in [2.45, 2.75) is 25.8 Å². The van der Waals surface area contributed by atoms with E-state index in [-0.39, 0.29) is 11.7 Å². The highest BCUT2D eigenvalue weighted by molar-refractivity contribution is 5.89. The number of carbonyl (C=O) groups excluding carboxylic acids is 1. The molecule has 0 spiro atoms. The minimum atomic E-state index is -0.479. The highest BCUT2D eigenvalue weighted by atomic mass is 16.6. The summed E-state index contributed by atoms with van der Waals surface area (Å²) in [5, 5.41) is 13.3. The lowest BCUT2D eigenvalue weighted by Gasteiger charge is -2.16. The van der Waals surface area contributed by atoms with Crippen LogP contribution in [0.1, 0.15) is 30.8 Å². The standard InChI is InChI=1S/C17H19N3O4/c1-11-9-15(11)16-8-7-14(24-16)10-19(2)17(21)18-12-3-5-13(6-4-12)20(22)23/h3-8,11,15H,9-10H2,1-2H3,(H,18,21)/t11-,15-/m0/s1. The number of hydrogen-bond donors (Lipinski definition) is 1. The van der Waals surface area contributed by atoms with Crippen molar-refractivity contribution in [2.24, 2.45) is 5.92 Å². The van der Waals surface area contributed by atoms with Crippen molar-refractivity contribution in [3.8, 4) is 0 Å². The highest BCUT2D eigenvalue weighted by Gasteiger charge is 2.36. The molecule has 7 nitrogen and oxygen atoms in total. The normalized spacial score (nSPS) is 18.9. The number of benzene rings is 1. The Labute approximate surface area is 139 Å². The Bertz CT molecular complexity index is 753. The number of carbonyl (C=O) groups is 1. The highest BCUT2D eigenvalue weighted by Crippen LogP contribution is 2.47. The number of hydrogen-bond acceptors (Lipinski definition) is 4. The molecule has 1 aromatic heterocycles. The molecule has 2 aromatic rings. The molecule has 1 heterocycles. The number of furan rings is 1. The molecule has 1 N–H and O–H groups in total. The minimum Gasteiger partial charge on any atom is -0.464 e. The molecule has 0 radical (unpaired) electrons. The Balaban J connectivity index is 1.56. The first-order chi connectivity index (χ1) is 11.4. The van der Waals surface area contributed by atoms with Crippen LogP contribution in [0.15, 0.2) is 40.8 Å². The van der Waals surface area contributed by atoms with Crippen molar-refractivity contribution in [3.63, 3.8) is 0 Å². The van der Waals surface area contributed by atoms with E-state index in [4.69, 9.17) is 4.42 Å². The van der Waals surface area contributed by atoms with Crippen molar-refractivity contribution in [1.82, 2.24) is 4.90 Å². The number of nitro benzene ring substituents is 1. The van der Waals surface area contributed by atoms with Gasteiger partial charge in [0.1, 0.15) is 11.5 Å². The summed E-state index contributed by atoms with van der Waals surface area (Å²) in [5.74, 6) is 2.91. The summed E-state index contributed by atoms with van der Waals surface area (Å²) >= 11 is 0. The maximum atomic E-state index is 12.2. The second-order valence-corrected chi connectivity index (χ2v) is 6.21. The predicted molar refractivity (Wildman–Crippen MR) is 88.8 cm³/mol. The zero-order valence-electron chi connectivity index (χ0n) is 13.6. The molecular weight excluding hydrogens is 310 g/mol. The second kappa shape index (κ2) is 6.35. The molecular formula is C17H19N3O4. The van der Waals surface area contributed by atoms with Crippen LogP contribution in [-0.4, -0.2) is 22.9 Å². The summed E-state index contributed by atoms with van der Waals surface area (Å²) < 4.78 is 5.79. The lowest BCUT2D eigenvalue weighted by Crippen LogP contribution is -2.30. The first-order valence-electron chi connectivity index (χ1n) is 7.79. The number of urea groups is 1. The molecule has 2 amide bonds. The van der Waals surface area contributed by atoms with Crippen LogP contribution in [0.3, 0.4) is 0 Å². The molecule has 0 bridgehead atoms. The van der Waals surface area contributed by atoms with E-state index in [1.165, 1.54) is 29.2 Å². The second-order valence-electron chi connectivity index (χ2n) is 6.21. The van der Waals surface area contributed by atoms with Crippen LogP contribution in [-0.2, 0) is 6.54 Å². The number of non-ortho nitro benzene ring substituents is 1. The summed E-state index contributed by atoms with van der Waals surface area (Å²) in [6.07, 6.45) is 1.16. The lowest BCUT2D eigenvalue weighted by atomic mass is 10.3. The van der Waals surface area contributed by atoms with E-state index in [9.17, 15) is 14.9 Å². The molecule has 24 heavy (non-hydrogen) atoms. The van der Waals surface area contributed by atoms with Gasteiger partial charge < -0.3 is 14.6 Å². The van der Waals surface area contributed by atoms with Crippen LogP contribution in [0.25, 0.3) is 0 Å². The van der Waals surface area contributed by atoms with Gasteiger partial charge in [0.15, 0.2) is 0 Å². The van der Waals surface area contributed by atoms with E-state index < -0.39 is 4.92 Å². The van der Waals surface area contributed by atoms with E-state index in [2.05, 4.69) is 12.2 Å². The maximum Gasteiger partial charge on any atom is 0.321 e. The van der Waals surface area contributed by atoms with E-state index in [1.54, 1.807) is 7.05 Å². The average Bonchev–Trinajstić information content (AvgIpc) is 3.10. The fourth-order valence-corrected chi connectivity index (χ4v) is 2.59. The van der Waals surface area contributed by atoms with E-state index in [1.807, 2.05) is 12.1 Å². The Morgan fingerprint density at radius 1 is 1.33 bits per heavy atom. The molecule has 1 fully saturated rings. The van der Waals surface area contributed by atoms with Gasteiger partial charge in [-0.15, -0.1) is 0 Å². The third kappa shape index (κ3) is 3.56. The van der Waals surface area contributed by atoms with Crippen molar-refractivity contribution in [3.05, 3.63) is 58.0 Å². The van der Waals surface area contributed by atoms with E-state index >= 15 is 0 Å². The fraction of sp³-hybridized carbons (Fsp3) is 0.353. The van der Waals surface area contributed by atoms with Gasteiger partial charge in [0.2, 0.25) is 0 Å². The van der Waals surface area contributed by atoms with Crippen molar-refractivity contribution in [1.29, 1.82) is 0 Å². The van der Waals surface area contributed by atoms with Gasteiger partial charge in [0, 0.05) is 30.8 Å². The largest absolute Gasteiger partial charge is 0.464 e. The topological polar surface area (TPSA) is 88.6 Å². The van der Waals surface area contributed by atoms with Gasteiger partial charge in [-0.25, -0.2) is 4.79 Å². The summed E-state index contributed by atoms with van der Waals surface area (Å²) in [5.41, 5.74) is 0.489. The van der Waals surface area contributed by atoms with Crippen LogP contribution in [0.4, 0.5) is 16.2 Å². The summed E-state index contributed by atoms with van der Waals surface area (Å²) in [7, 11) is 1.67. The number of rotatable bonds is 5. The third-order valence-electron chi connectivity index (χ3n) is 4.23. The Morgan fingerprint density at radius 2 is 2.00 bits per heavy atom. The van der Waals surface area contributed by atoms with E-state index in [0.717, 1.165) is 17.9 Å². The number of nitrogens with zero attached hydrogens (tertiary/aromatic N) is 2. The van der Waals surface area contributed by atoms with Crippen LogP contribution >= 0.6 is 0 Å². The maximum absolute atomic E-state index is 12.2. The van der Waals surface area contributed by atoms with Crippen LogP contribution in [0.5, 0.6) is 0 Å². The summed E-state index contributed by atoms with van der Waals surface area (Å²) in [6.45, 7) is 2.55. The molecule has 1 aliphatic rings. The number of amides is 2. The Kier molecular flexibility index (Phi) is 4.24. The first kappa shape index (κ1) is 16.0. The monoisotopic (exact) mass is 329 g/mol. The molecule has 0 unspecified atom stereocenters. The Morgan fingerprint density at radius 3 is 2.58 bits per heavy atom. The number of nitrogens with one attached hydrogen (secondary N) is 1. The molecule has 1 aliphatic carbocycles. The lowest BCUT2D eigenvalue weighted by molar-refractivity contribution is -0.384. The summed E-state index contributed by atoms with van der Waals surface area (Å²) in [4.78, 5) is 23.8. The molecule has 7 heteroatoms. The van der Waals surface area contributed by atoms with Crippen molar-refractivity contribution in [2.75, 3.05) is 12.4 Å². The molecule has 2 atom stereocenters. The molecule has 3 rings (SSSR count). The Hall–Kier alpha value is -2.83. The molecule has 126 valence electrons. The van der Waals surface area contributed by atoms with Crippen LogP contribution < -0.4 is 5.32 Å². The molecule has 1 saturated carbocycles. The smallest absolute Gasteiger partial charge is 0.321 e. The zero-order chi connectivity index (χ0) is 17.3. The van der Waals surface area contributed by atoms with Gasteiger partial charge in [-0.2, -0.15) is 0 Å². The van der Waals surface area contributed by atoms with E-state index in [0.29, 0.717) is 24.1 Å². The molecule has 0 saturated heterocycles. The van der Waals surface area contributed by atoms with Gasteiger partial charge in [0.25, 0.3) is 5.69 Å². The van der Waals surface area contributed by atoms with Crippen molar-refractivity contribution >= 4 is 17.4 Å². The third-order valence-corrected chi connectivity index (χ3v) is 4.23. The predicted octanol–water partition coefficient (Wildman–Crippen LogP) is 3.98. The minimum absolute atomic E-state index is 0.0150. The number of anilines is 1. The average molecular weight is 329 g/mol. The van der Waals surface area contributed by atoms with Gasteiger partial charge in [-0.3, -0.25) is 10.1 Å². The molecule has 1 aromatic carbocycles. The van der Waals surface area contributed by atoms with Gasteiger partial charge in [-0.05, 0) is 36.6 Å². The number of nitro groups is 1. The first-order valence-corrected chi connectivity index (χ1v) is 7.79. The fourth-order valence-electron chi connectivity index (χ4n) is 2.59. The van der Waals surface area contributed by atoms with Crippen LogP contribution in [0.2, 0.25) is 0 Å². The van der Waals surface area contributed by atoms with Gasteiger partial charge in [0.05, 0.1) is 11.5 Å². The van der Waals surface area contributed by atoms with Crippen LogP contribution in [0, 0.1) is 16.0 Å². The SMILES string of the molecule is C[C@H]1C[C@@H]1c1ccc(CN(C)C(=O)Nc2ccc([N+](=O)[O-])cc2)o1. The molecule has 0 aliphatic heterocycles. The summed E-state index contributed by atoms with van der Waals surface area (Å²) in [6, 6.07) is 9.28. The van der Waals surface area contributed by atoms with Gasteiger partial charge >= 0.3 is 6.03 Å².